The van der Waals surface area contributed by atoms with Crippen LogP contribution in [0.3, 0.4) is 0 Å². The van der Waals surface area contributed by atoms with Crippen molar-refractivity contribution < 1.29 is 13.6 Å². The summed E-state index contributed by atoms with van der Waals surface area (Å²) in [6.07, 6.45) is 0.351. The second-order valence-electron chi connectivity index (χ2n) is 2.81. The fourth-order valence-electron chi connectivity index (χ4n) is 1.08. The van der Waals surface area contributed by atoms with Crippen molar-refractivity contribution >= 4 is 0 Å². The Balaban J connectivity index is 2.88. The first-order valence-corrected chi connectivity index (χ1v) is 3.91. The van der Waals surface area contributed by atoms with Crippen LogP contribution in [-0.2, 0) is 11.3 Å². The van der Waals surface area contributed by atoms with E-state index in [2.05, 4.69) is 4.84 Å². The molecule has 0 saturated carbocycles. The van der Waals surface area contributed by atoms with Gasteiger partial charge in [-0.2, -0.15) is 0 Å². The lowest BCUT2D eigenvalue weighted by Gasteiger charge is -2.04. The molecule has 0 aliphatic carbocycles. The number of hydrogen-bond donors (Lipinski definition) is 1. The molecule has 0 aromatic heterocycles. The smallest absolute Gasteiger partial charge is 0.129 e. The lowest BCUT2D eigenvalue weighted by molar-refractivity contribution is 0.140. The summed E-state index contributed by atoms with van der Waals surface area (Å²) in [5.74, 6) is 3.71. The Hall–Kier alpha value is -1.00. The highest BCUT2D eigenvalue weighted by Crippen LogP contribution is 2.14. The van der Waals surface area contributed by atoms with Crippen LogP contribution in [0.15, 0.2) is 12.1 Å². The van der Waals surface area contributed by atoms with Crippen molar-refractivity contribution in [3.63, 3.8) is 0 Å². The monoisotopic (exact) mass is 187 g/mol. The lowest BCUT2D eigenvalue weighted by Crippen LogP contribution is -2.05. The first kappa shape index (κ1) is 10.1. The fraction of sp³-hybridized carbons (Fsp3) is 0.333. The van der Waals surface area contributed by atoms with Crippen molar-refractivity contribution in [2.75, 3.05) is 6.61 Å². The molecule has 0 fully saturated rings. The largest absolute Gasteiger partial charge is 0.304 e. The van der Waals surface area contributed by atoms with Gasteiger partial charge in [-0.3, -0.25) is 0 Å². The minimum absolute atomic E-state index is 0.224. The van der Waals surface area contributed by atoms with Gasteiger partial charge in [-0.15, -0.1) is 0 Å². The van der Waals surface area contributed by atoms with Gasteiger partial charge in [-0.25, -0.2) is 14.7 Å². The van der Waals surface area contributed by atoms with Crippen molar-refractivity contribution in [1.82, 2.24) is 0 Å². The van der Waals surface area contributed by atoms with Crippen LogP contribution < -0.4 is 5.90 Å². The van der Waals surface area contributed by atoms with Gasteiger partial charge < -0.3 is 4.84 Å². The molecule has 1 aromatic rings. The number of nitrogens with two attached hydrogens (primary N) is 1. The summed E-state index contributed by atoms with van der Waals surface area (Å²) in [4.78, 5) is 4.31. The molecule has 0 unspecified atom stereocenters. The van der Waals surface area contributed by atoms with E-state index >= 15 is 0 Å². The van der Waals surface area contributed by atoms with Crippen LogP contribution in [0.5, 0.6) is 0 Å². The van der Waals surface area contributed by atoms with Gasteiger partial charge in [0.2, 0.25) is 0 Å². The van der Waals surface area contributed by atoms with Crippen molar-refractivity contribution in [3.8, 4) is 0 Å². The molecule has 0 amide bonds. The summed E-state index contributed by atoms with van der Waals surface area (Å²) >= 11 is 0. The molecule has 0 bridgehead atoms. The van der Waals surface area contributed by atoms with E-state index < -0.39 is 11.6 Å². The number of rotatable bonds is 3. The fourth-order valence-corrected chi connectivity index (χ4v) is 1.08. The van der Waals surface area contributed by atoms with Gasteiger partial charge in [0, 0.05) is 12.5 Å². The molecule has 0 radical (unpaired) electrons. The van der Waals surface area contributed by atoms with E-state index in [0.717, 1.165) is 6.07 Å². The lowest BCUT2D eigenvalue weighted by atomic mass is 10.1. The summed E-state index contributed by atoms with van der Waals surface area (Å²) in [6.45, 7) is 1.81. The molecule has 0 aliphatic heterocycles. The summed E-state index contributed by atoms with van der Waals surface area (Å²) < 4.78 is 25.8. The Morgan fingerprint density at radius 1 is 1.31 bits per heavy atom. The predicted octanol–water partition coefficient (Wildman–Crippen LogP) is 1.71. The van der Waals surface area contributed by atoms with Gasteiger partial charge in [0.15, 0.2) is 0 Å². The van der Waals surface area contributed by atoms with E-state index in [1.807, 2.05) is 0 Å². The van der Waals surface area contributed by atoms with Crippen LogP contribution in [0.4, 0.5) is 8.78 Å². The van der Waals surface area contributed by atoms with Gasteiger partial charge in [-0.05, 0) is 18.1 Å². The summed E-state index contributed by atoms with van der Waals surface area (Å²) in [6, 6.07) is 2.34. The maximum absolute atomic E-state index is 13.0. The zero-order valence-corrected chi connectivity index (χ0v) is 7.31. The van der Waals surface area contributed by atoms with Gasteiger partial charge in [-0.1, -0.05) is 6.07 Å². The first-order valence-electron chi connectivity index (χ1n) is 3.91. The Kier molecular flexibility index (Phi) is 3.33. The van der Waals surface area contributed by atoms with E-state index in [-0.39, 0.29) is 6.61 Å². The van der Waals surface area contributed by atoms with Crippen molar-refractivity contribution in [2.45, 2.75) is 13.3 Å². The summed E-state index contributed by atoms with van der Waals surface area (Å²) in [7, 11) is 0. The first-order chi connectivity index (χ1) is 6.15. The van der Waals surface area contributed by atoms with Crippen LogP contribution >= 0.6 is 0 Å². The normalized spacial score (nSPS) is 10.5. The van der Waals surface area contributed by atoms with Gasteiger partial charge >= 0.3 is 0 Å². The second-order valence-corrected chi connectivity index (χ2v) is 2.81. The third-order valence-corrected chi connectivity index (χ3v) is 1.82. The highest BCUT2D eigenvalue weighted by atomic mass is 19.1. The molecular formula is C9H11F2NO. The van der Waals surface area contributed by atoms with E-state index in [1.165, 1.54) is 6.07 Å². The number of aryl methyl sites for hydroxylation is 1. The molecule has 0 saturated heterocycles. The van der Waals surface area contributed by atoms with Gasteiger partial charge in [0.25, 0.3) is 0 Å². The van der Waals surface area contributed by atoms with Crippen molar-refractivity contribution in [2.24, 2.45) is 5.90 Å². The number of hydrogen-bond acceptors (Lipinski definition) is 2. The molecule has 1 rings (SSSR count). The SMILES string of the molecule is Cc1cc(CCON)c(F)cc1F. The van der Waals surface area contributed by atoms with Crippen LogP contribution in [0.2, 0.25) is 0 Å². The van der Waals surface area contributed by atoms with Crippen LogP contribution in [-0.4, -0.2) is 6.61 Å². The molecule has 72 valence electrons. The van der Waals surface area contributed by atoms with E-state index in [1.54, 1.807) is 6.92 Å². The van der Waals surface area contributed by atoms with Crippen molar-refractivity contribution in [3.05, 3.63) is 34.9 Å². The Morgan fingerprint density at radius 2 is 2.00 bits per heavy atom. The second kappa shape index (κ2) is 4.30. The Morgan fingerprint density at radius 3 is 2.62 bits per heavy atom. The molecule has 4 heteroatoms. The highest BCUT2D eigenvalue weighted by molar-refractivity contribution is 5.25. The van der Waals surface area contributed by atoms with Crippen molar-refractivity contribution in [1.29, 1.82) is 0 Å². The minimum atomic E-state index is -0.555. The van der Waals surface area contributed by atoms with E-state index in [0.29, 0.717) is 17.5 Å². The zero-order chi connectivity index (χ0) is 9.84. The zero-order valence-electron chi connectivity index (χ0n) is 7.31. The van der Waals surface area contributed by atoms with Crippen LogP contribution in [0.1, 0.15) is 11.1 Å². The van der Waals surface area contributed by atoms with E-state index in [4.69, 9.17) is 5.90 Å². The average Bonchev–Trinajstić information content (AvgIpc) is 2.09. The maximum Gasteiger partial charge on any atom is 0.129 e. The third kappa shape index (κ3) is 2.47. The highest BCUT2D eigenvalue weighted by Gasteiger charge is 2.06. The third-order valence-electron chi connectivity index (χ3n) is 1.82. The molecule has 0 spiro atoms. The van der Waals surface area contributed by atoms with E-state index in [9.17, 15) is 8.78 Å². The molecule has 0 atom stereocenters. The Labute approximate surface area is 75.3 Å². The summed E-state index contributed by atoms with van der Waals surface area (Å²) in [5.41, 5.74) is 0.845. The Bertz CT molecular complexity index is 302. The standard InChI is InChI=1S/C9H11F2NO/c1-6-4-7(2-3-13-12)9(11)5-8(6)10/h4-5H,2-3,12H2,1H3. The quantitative estimate of drug-likeness (QED) is 0.731. The number of benzene rings is 1. The predicted molar refractivity (Wildman–Crippen MR) is 44.9 cm³/mol. The van der Waals surface area contributed by atoms with Crippen LogP contribution in [0, 0.1) is 18.6 Å². The molecule has 2 nitrogen and oxygen atoms in total. The van der Waals surface area contributed by atoms with Gasteiger partial charge in [0.05, 0.1) is 6.61 Å². The number of halogens is 2. The molecule has 2 N–H and O–H groups in total. The molecule has 13 heavy (non-hydrogen) atoms. The van der Waals surface area contributed by atoms with Gasteiger partial charge in [0.1, 0.15) is 11.6 Å². The molecule has 0 aliphatic rings. The minimum Gasteiger partial charge on any atom is -0.304 e. The molecule has 0 heterocycles. The summed E-state index contributed by atoms with van der Waals surface area (Å²) in [5, 5.41) is 0. The maximum atomic E-state index is 13.0. The molecule has 1 aromatic carbocycles. The molecular weight excluding hydrogens is 176 g/mol. The van der Waals surface area contributed by atoms with Crippen LogP contribution in [0.25, 0.3) is 0 Å². The average molecular weight is 187 g/mol. The topological polar surface area (TPSA) is 35.2 Å².